The summed E-state index contributed by atoms with van der Waals surface area (Å²) in [6.45, 7) is 11.4. The van der Waals surface area contributed by atoms with Gasteiger partial charge in [-0.15, -0.1) is 0 Å². The third kappa shape index (κ3) is 3.15. The number of hydrogen-bond acceptors (Lipinski definition) is 2. The first-order chi connectivity index (χ1) is 6.27. The van der Waals surface area contributed by atoms with E-state index in [1.807, 2.05) is 13.8 Å². The first kappa shape index (κ1) is 11.5. The molecule has 2 N–H and O–H groups in total. The van der Waals surface area contributed by atoms with E-state index in [1.165, 1.54) is 0 Å². The molecule has 3 heteroatoms. The van der Waals surface area contributed by atoms with E-state index in [0.29, 0.717) is 12.2 Å². The molecular formula is C10H16N2O. The van der Waals surface area contributed by atoms with Gasteiger partial charge in [-0.2, -0.15) is 0 Å². The Kier molecular flexibility index (Phi) is 5.35. The molecule has 0 fully saturated rings. The number of amides is 1. The Bertz CT molecular complexity index is 241. The third-order valence-electron chi connectivity index (χ3n) is 1.41. The van der Waals surface area contributed by atoms with Gasteiger partial charge in [0.1, 0.15) is 0 Å². The van der Waals surface area contributed by atoms with Gasteiger partial charge in [-0.3, -0.25) is 4.79 Å². The van der Waals surface area contributed by atoms with Gasteiger partial charge in [-0.05, 0) is 12.2 Å². The summed E-state index contributed by atoms with van der Waals surface area (Å²) >= 11 is 0. The first-order valence-electron chi connectivity index (χ1n) is 4.31. The van der Waals surface area contributed by atoms with Gasteiger partial charge in [-0.25, -0.2) is 0 Å². The van der Waals surface area contributed by atoms with Crippen LogP contribution in [0.15, 0.2) is 36.7 Å². The summed E-state index contributed by atoms with van der Waals surface area (Å²) < 4.78 is 0. The number of hydrogen-bond donors (Lipinski definition) is 2. The molecule has 0 spiro atoms. The van der Waals surface area contributed by atoms with E-state index in [1.54, 1.807) is 12.2 Å². The molecule has 13 heavy (non-hydrogen) atoms. The average Bonchev–Trinajstić information content (AvgIpc) is 2.20. The van der Waals surface area contributed by atoms with Crippen LogP contribution in [0, 0.1) is 0 Å². The summed E-state index contributed by atoms with van der Waals surface area (Å²) in [4.78, 5) is 10.8. The molecule has 1 aliphatic rings. The zero-order chi connectivity index (χ0) is 10.3. The van der Waals surface area contributed by atoms with E-state index in [2.05, 4.69) is 23.8 Å². The molecule has 0 aromatic rings. The Morgan fingerprint density at radius 1 is 1.23 bits per heavy atom. The standard InChI is InChI=1S/C8H10N2O.C2H6/c1-3-6-7(4-2)10-8(11)5-9-6;1-2/h3-4,9H,1-2,5H2,(H,10,11);1-2H3. The Morgan fingerprint density at radius 3 is 2.23 bits per heavy atom. The topological polar surface area (TPSA) is 41.1 Å². The van der Waals surface area contributed by atoms with Gasteiger partial charge in [0, 0.05) is 0 Å². The molecule has 1 aliphatic heterocycles. The summed E-state index contributed by atoms with van der Waals surface area (Å²) in [7, 11) is 0. The van der Waals surface area contributed by atoms with Gasteiger partial charge < -0.3 is 10.6 Å². The summed E-state index contributed by atoms with van der Waals surface area (Å²) in [6, 6.07) is 0. The van der Waals surface area contributed by atoms with Crippen LogP contribution < -0.4 is 10.6 Å². The van der Waals surface area contributed by atoms with Crippen molar-refractivity contribution in [1.82, 2.24) is 10.6 Å². The Labute approximate surface area is 79.2 Å². The van der Waals surface area contributed by atoms with Crippen molar-refractivity contribution in [2.75, 3.05) is 6.54 Å². The van der Waals surface area contributed by atoms with Crippen molar-refractivity contribution in [3.05, 3.63) is 36.7 Å². The Balaban J connectivity index is 0.000000671. The van der Waals surface area contributed by atoms with Gasteiger partial charge in [0.15, 0.2) is 0 Å². The van der Waals surface area contributed by atoms with Crippen LogP contribution in [-0.2, 0) is 4.79 Å². The molecule has 0 saturated heterocycles. The lowest BCUT2D eigenvalue weighted by Crippen LogP contribution is -2.39. The second-order valence-electron chi connectivity index (χ2n) is 2.14. The normalized spacial score (nSPS) is 14.8. The number of nitrogens with one attached hydrogen (secondary N) is 2. The zero-order valence-corrected chi connectivity index (χ0v) is 8.18. The van der Waals surface area contributed by atoms with E-state index in [-0.39, 0.29) is 5.91 Å². The minimum Gasteiger partial charge on any atom is -0.374 e. The number of rotatable bonds is 2. The highest BCUT2D eigenvalue weighted by Gasteiger charge is 2.11. The molecule has 0 unspecified atom stereocenters. The molecule has 0 atom stereocenters. The smallest absolute Gasteiger partial charge is 0.243 e. The molecule has 0 aliphatic carbocycles. The maximum absolute atomic E-state index is 10.8. The lowest BCUT2D eigenvalue weighted by molar-refractivity contribution is -0.119. The molecule has 1 heterocycles. The average molecular weight is 180 g/mol. The maximum Gasteiger partial charge on any atom is 0.243 e. The molecule has 72 valence electrons. The molecule has 3 nitrogen and oxygen atoms in total. The van der Waals surface area contributed by atoms with Gasteiger partial charge in [0.05, 0.1) is 17.9 Å². The van der Waals surface area contributed by atoms with Gasteiger partial charge in [0.2, 0.25) is 5.91 Å². The molecule has 1 amide bonds. The van der Waals surface area contributed by atoms with Crippen molar-refractivity contribution in [3.63, 3.8) is 0 Å². The summed E-state index contributed by atoms with van der Waals surface area (Å²) in [5.74, 6) is -0.0505. The molecule has 0 aromatic heterocycles. The fourth-order valence-electron chi connectivity index (χ4n) is 0.876. The van der Waals surface area contributed by atoms with E-state index >= 15 is 0 Å². The Hall–Kier alpha value is -1.51. The van der Waals surface area contributed by atoms with Crippen molar-refractivity contribution in [2.45, 2.75) is 13.8 Å². The van der Waals surface area contributed by atoms with E-state index in [0.717, 1.165) is 5.70 Å². The highest BCUT2D eigenvalue weighted by molar-refractivity contribution is 5.82. The minimum atomic E-state index is -0.0505. The predicted octanol–water partition coefficient (Wildman–Crippen LogP) is 1.32. The van der Waals surface area contributed by atoms with Gasteiger partial charge in [0.25, 0.3) is 0 Å². The van der Waals surface area contributed by atoms with Gasteiger partial charge in [-0.1, -0.05) is 27.0 Å². The van der Waals surface area contributed by atoms with Crippen molar-refractivity contribution in [1.29, 1.82) is 0 Å². The number of carbonyl (C=O) groups is 1. The molecule has 0 saturated carbocycles. The van der Waals surface area contributed by atoms with Crippen molar-refractivity contribution in [2.24, 2.45) is 0 Å². The molecule has 0 radical (unpaired) electrons. The van der Waals surface area contributed by atoms with Crippen LogP contribution in [0.3, 0.4) is 0 Å². The van der Waals surface area contributed by atoms with E-state index in [9.17, 15) is 4.79 Å². The molecule has 0 aromatic carbocycles. The van der Waals surface area contributed by atoms with Crippen LogP contribution in [-0.4, -0.2) is 12.5 Å². The highest BCUT2D eigenvalue weighted by atomic mass is 16.2. The molecular weight excluding hydrogens is 164 g/mol. The van der Waals surface area contributed by atoms with Crippen LogP contribution in [0.1, 0.15) is 13.8 Å². The van der Waals surface area contributed by atoms with E-state index < -0.39 is 0 Å². The van der Waals surface area contributed by atoms with Gasteiger partial charge >= 0.3 is 0 Å². The maximum atomic E-state index is 10.8. The van der Waals surface area contributed by atoms with Crippen LogP contribution >= 0.6 is 0 Å². The Morgan fingerprint density at radius 2 is 1.77 bits per heavy atom. The summed E-state index contributed by atoms with van der Waals surface area (Å²) in [5.41, 5.74) is 1.51. The zero-order valence-electron chi connectivity index (χ0n) is 8.18. The quantitative estimate of drug-likeness (QED) is 0.673. The van der Waals surface area contributed by atoms with Crippen LogP contribution in [0.25, 0.3) is 0 Å². The largest absolute Gasteiger partial charge is 0.374 e. The number of allylic oxidation sites excluding steroid dienone is 2. The third-order valence-corrected chi connectivity index (χ3v) is 1.41. The monoisotopic (exact) mass is 180 g/mol. The molecule has 1 rings (SSSR count). The summed E-state index contributed by atoms with van der Waals surface area (Å²) in [5, 5.41) is 5.55. The van der Waals surface area contributed by atoms with E-state index in [4.69, 9.17) is 0 Å². The van der Waals surface area contributed by atoms with Crippen LogP contribution in [0.5, 0.6) is 0 Å². The number of carbonyl (C=O) groups excluding carboxylic acids is 1. The highest BCUT2D eigenvalue weighted by Crippen LogP contribution is 2.03. The van der Waals surface area contributed by atoms with Crippen molar-refractivity contribution >= 4 is 5.91 Å². The SMILES string of the molecule is C=CC1=C(C=C)NC(=O)CN1.CC. The van der Waals surface area contributed by atoms with Crippen molar-refractivity contribution < 1.29 is 4.79 Å². The fourth-order valence-corrected chi connectivity index (χ4v) is 0.876. The van der Waals surface area contributed by atoms with Crippen LogP contribution in [0.4, 0.5) is 0 Å². The first-order valence-corrected chi connectivity index (χ1v) is 4.31. The van der Waals surface area contributed by atoms with Crippen LogP contribution in [0.2, 0.25) is 0 Å². The lowest BCUT2D eigenvalue weighted by atomic mass is 10.2. The fraction of sp³-hybridized carbons (Fsp3) is 0.300. The minimum absolute atomic E-state index is 0.0505. The summed E-state index contributed by atoms with van der Waals surface area (Å²) in [6.07, 6.45) is 3.23. The molecule has 0 bridgehead atoms. The second kappa shape index (κ2) is 6.06. The lowest BCUT2D eigenvalue weighted by Gasteiger charge is -2.17. The van der Waals surface area contributed by atoms with Crippen molar-refractivity contribution in [3.8, 4) is 0 Å². The second-order valence-corrected chi connectivity index (χ2v) is 2.14. The predicted molar refractivity (Wildman–Crippen MR) is 54.9 cm³/mol.